The second kappa shape index (κ2) is 3.80. The molecule has 0 N–H and O–H groups in total. The Kier molecular flexibility index (Phi) is 2.69. The Morgan fingerprint density at radius 1 is 1.08 bits per heavy atom. The van der Waals surface area contributed by atoms with Crippen LogP contribution in [0.3, 0.4) is 0 Å². The molecule has 0 aliphatic carbocycles. The van der Waals surface area contributed by atoms with Crippen LogP contribution >= 0.6 is 7.26 Å². The highest BCUT2D eigenvalue weighted by molar-refractivity contribution is 7.83. The topological polar surface area (TPSA) is 0 Å². The first-order chi connectivity index (χ1) is 6.37. The standard InChI is InChI=1S/C12H18P/c1-2-13(10-6-7-11-13)12-8-4-3-5-9-12/h3-5,8-9H,2,6-7,10-11H2,1H3/q+1. The maximum absolute atomic E-state index is 2.38. The van der Waals surface area contributed by atoms with Gasteiger partial charge in [-0.3, -0.25) is 0 Å². The summed E-state index contributed by atoms with van der Waals surface area (Å²) in [5.74, 6) is 0. The number of hydrogen-bond acceptors (Lipinski definition) is 0. The van der Waals surface area contributed by atoms with E-state index in [1.807, 2.05) is 0 Å². The van der Waals surface area contributed by atoms with Crippen LogP contribution in [0.1, 0.15) is 19.8 Å². The van der Waals surface area contributed by atoms with Gasteiger partial charge in [-0.05, 0) is 31.9 Å². The zero-order valence-electron chi connectivity index (χ0n) is 8.37. The van der Waals surface area contributed by atoms with Crippen molar-refractivity contribution in [1.29, 1.82) is 0 Å². The Hall–Kier alpha value is -0.350. The van der Waals surface area contributed by atoms with Gasteiger partial charge in [-0.2, -0.15) is 0 Å². The summed E-state index contributed by atoms with van der Waals surface area (Å²) in [7, 11) is -0.680. The molecule has 0 radical (unpaired) electrons. The van der Waals surface area contributed by atoms with Crippen LogP contribution < -0.4 is 5.30 Å². The molecule has 0 amide bonds. The normalized spacial score (nSPS) is 20.4. The van der Waals surface area contributed by atoms with Crippen molar-refractivity contribution in [2.75, 3.05) is 18.5 Å². The molecule has 2 rings (SSSR count). The molecule has 0 bridgehead atoms. The van der Waals surface area contributed by atoms with Gasteiger partial charge < -0.3 is 0 Å². The average molecular weight is 193 g/mol. The predicted molar refractivity (Wildman–Crippen MR) is 62.5 cm³/mol. The molecule has 0 atom stereocenters. The molecule has 1 aromatic carbocycles. The lowest BCUT2D eigenvalue weighted by molar-refractivity contribution is 0.949. The van der Waals surface area contributed by atoms with Crippen molar-refractivity contribution in [2.45, 2.75) is 19.8 Å². The molecule has 1 aliphatic heterocycles. The van der Waals surface area contributed by atoms with Gasteiger partial charge in [-0.15, -0.1) is 0 Å². The van der Waals surface area contributed by atoms with E-state index in [0.717, 1.165) is 0 Å². The summed E-state index contributed by atoms with van der Waals surface area (Å²) in [6.45, 7) is 2.38. The van der Waals surface area contributed by atoms with Crippen molar-refractivity contribution in [2.24, 2.45) is 0 Å². The highest BCUT2D eigenvalue weighted by Gasteiger charge is 2.40. The van der Waals surface area contributed by atoms with E-state index < -0.39 is 7.26 Å². The van der Waals surface area contributed by atoms with E-state index in [0.29, 0.717) is 0 Å². The number of rotatable bonds is 2. The van der Waals surface area contributed by atoms with Gasteiger partial charge >= 0.3 is 0 Å². The van der Waals surface area contributed by atoms with Crippen LogP contribution in [-0.2, 0) is 0 Å². The van der Waals surface area contributed by atoms with Crippen LogP contribution in [0, 0.1) is 0 Å². The van der Waals surface area contributed by atoms with E-state index >= 15 is 0 Å². The fourth-order valence-corrected chi connectivity index (χ4v) is 6.64. The molecule has 1 heteroatoms. The quantitative estimate of drug-likeness (QED) is 0.633. The van der Waals surface area contributed by atoms with Gasteiger partial charge in [0.2, 0.25) is 0 Å². The summed E-state index contributed by atoms with van der Waals surface area (Å²) in [6, 6.07) is 11.2. The molecule has 1 fully saturated rings. The molecular formula is C12H18P+. The van der Waals surface area contributed by atoms with Gasteiger partial charge in [0.15, 0.2) is 0 Å². The minimum Gasteiger partial charge on any atom is -0.0620 e. The minimum absolute atomic E-state index is 0.680. The first-order valence-corrected chi connectivity index (χ1v) is 7.63. The lowest BCUT2D eigenvalue weighted by Crippen LogP contribution is -2.14. The molecule has 0 unspecified atom stereocenters. The van der Waals surface area contributed by atoms with Crippen LogP contribution in [0.5, 0.6) is 0 Å². The third-order valence-electron chi connectivity index (χ3n) is 3.33. The van der Waals surface area contributed by atoms with Gasteiger partial charge in [-0.25, -0.2) is 0 Å². The van der Waals surface area contributed by atoms with Crippen LogP contribution in [0.15, 0.2) is 30.3 Å². The predicted octanol–water partition coefficient (Wildman–Crippen LogP) is 3.14. The van der Waals surface area contributed by atoms with Crippen LogP contribution in [0.4, 0.5) is 0 Å². The highest BCUT2D eigenvalue weighted by atomic mass is 31.2. The first kappa shape index (κ1) is 9.21. The third-order valence-corrected chi connectivity index (χ3v) is 8.28. The summed E-state index contributed by atoms with van der Waals surface area (Å²) in [5, 5.41) is 1.68. The Morgan fingerprint density at radius 3 is 2.23 bits per heavy atom. The Labute approximate surface area is 81.7 Å². The van der Waals surface area contributed by atoms with Crippen molar-refractivity contribution in [1.82, 2.24) is 0 Å². The van der Waals surface area contributed by atoms with Crippen LogP contribution in [0.25, 0.3) is 0 Å². The van der Waals surface area contributed by atoms with Gasteiger partial charge in [0.05, 0.1) is 23.8 Å². The van der Waals surface area contributed by atoms with Crippen molar-refractivity contribution < 1.29 is 0 Å². The molecule has 1 heterocycles. The van der Waals surface area contributed by atoms with E-state index in [1.54, 1.807) is 5.30 Å². The van der Waals surface area contributed by atoms with Crippen LogP contribution in [0.2, 0.25) is 0 Å². The second-order valence-corrected chi connectivity index (χ2v) is 8.28. The maximum atomic E-state index is 2.38. The monoisotopic (exact) mass is 193 g/mol. The smallest absolute Gasteiger partial charge is 0.0620 e. The van der Waals surface area contributed by atoms with Gasteiger partial charge in [0, 0.05) is 7.26 Å². The molecule has 0 saturated carbocycles. The van der Waals surface area contributed by atoms with E-state index in [9.17, 15) is 0 Å². The minimum atomic E-state index is -0.680. The Balaban J connectivity index is 2.31. The van der Waals surface area contributed by atoms with E-state index in [4.69, 9.17) is 0 Å². The SMILES string of the molecule is CC[P+]1(c2ccccc2)CCCC1. The first-order valence-electron chi connectivity index (χ1n) is 5.29. The van der Waals surface area contributed by atoms with Crippen molar-refractivity contribution in [3.8, 4) is 0 Å². The summed E-state index contributed by atoms with van der Waals surface area (Å²) < 4.78 is 0. The van der Waals surface area contributed by atoms with E-state index in [2.05, 4.69) is 37.3 Å². The average Bonchev–Trinajstić information content (AvgIpc) is 2.69. The zero-order valence-corrected chi connectivity index (χ0v) is 9.26. The van der Waals surface area contributed by atoms with E-state index in [-0.39, 0.29) is 0 Å². The number of benzene rings is 1. The lowest BCUT2D eigenvalue weighted by Gasteiger charge is -2.19. The molecule has 1 aliphatic rings. The Bertz CT molecular complexity index is 260. The summed E-state index contributed by atoms with van der Waals surface area (Å²) in [5.41, 5.74) is 0. The fraction of sp³-hybridized carbons (Fsp3) is 0.500. The lowest BCUT2D eigenvalue weighted by atomic mass is 10.4. The van der Waals surface area contributed by atoms with E-state index in [1.165, 1.54) is 31.3 Å². The zero-order chi connectivity index (χ0) is 9.15. The van der Waals surface area contributed by atoms with Crippen molar-refractivity contribution in [3.05, 3.63) is 30.3 Å². The molecule has 0 spiro atoms. The summed E-state index contributed by atoms with van der Waals surface area (Å²) >= 11 is 0. The molecule has 0 aromatic heterocycles. The molecule has 70 valence electrons. The molecule has 1 aromatic rings. The maximum Gasteiger partial charge on any atom is 0.0939 e. The molecule has 13 heavy (non-hydrogen) atoms. The number of hydrogen-bond donors (Lipinski definition) is 0. The van der Waals surface area contributed by atoms with Gasteiger partial charge in [0.25, 0.3) is 0 Å². The molecule has 0 nitrogen and oxygen atoms in total. The second-order valence-electron chi connectivity index (χ2n) is 3.95. The van der Waals surface area contributed by atoms with Crippen molar-refractivity contribution >= 4 is 12.6 Å². The largest absolute Gasteiger partial charge is 0.0939 e. The van der Waals surface area contributed by atoms with Gasteiger partial charge in [-0.1, -0.05) is 18.2 Å². The third kappa shape index (κ3) is 1.65. The molecule has 1 saturated heterocycles. The van der Waals surface area contributed by atoms with Crippen LogP contribution in [-0.4, -0.2) is 18.5 Å². The fourth-order valence-electron chi connectivity index (χ4n) is 2.44. The van der Waals surface area contributed by atoms with Crippen molar-refractivity contribution in [3.63, 3.8) is 0 Å². The summed E-state index contributed by atoms with van der Waals surface area (Å²) in [4.78, 5) is 0. The highest BCUT2D eigenvalue weighted by Crippen LogP contribution is 2.62. The Morgan fingerprint density at radius 2 is 1.69 bits per heavy atom. The summed E-state index contributed by atoms with van der Waals surface area (Å²) in [6.07, 6.45) is 7.37. The van der Waals surface area contributed by atoms with Gasteiger partial charge in [0.1, 0.15) is 0 Å². The molecular weight excluding hydrogens is 175 g/mol.